The average Bonchev–Trinajstić information content (AvgIpc) is 2.73. The molecular formula is C15H20O3. The molecule has 2 atom stereocenters. The molecule has 1 fully saturated rings. The lowest BCUT2D eigenvalue weighted by molar-refractivity contribution is 0.0263. The standard InChI is InChI=1S/C15H20O3/c1-10-8-13(12(3)16)5-7-15(10)17-9-14-6-4-11(2)18-14/h5,7-8,11,14H,4,6,9H2,1-3H3. The van der Waals surface area contributed by atoms with E-state index in [1.165, 1.54) is 0 Å². The number of carbonyl (C=O) groups is 1. The van der Waals surface area contributed by atoms with Crippen molar-refractivity contribution < 1.29 is 14.3 Å². The fourth-order valence-corrected chi connectivity index (χ4v) is 2.22. The SMILES string of the molecule is CC(=O)c1ccc(OCC2CCC(C)O2)c(C)c1. The maximum atomic E-state index is 11.3. The summed E-state index contributed by atoms with van der Waals surface area (Å²) in [5.74, 6) is 0.917. The minimum atomic E-state index is 0.0811. The van der Waals surface area contributed by atoms with Crippen LogP contribution in [0.2, 0.25) is 0 Å². The lowest BCUT2D eigenvalue weighted by atomic mass is 10.1. The van der Waals surface area contributed by atoms with Crippen molar-refractivity contribution in [3.63, 3.8) is 0 Å². The lowest BCUT2D eigenvalue weighted by Crippen LogP contribution is -2.18. The Labute approximate surface area is 108 Å². The zero-order valence-corrected chi connectivity index (χ0v) is 11.2. The summed E-state index contributed by atoms with van der Waals surface area (Å²) in [6.07, 6.45) is 2.72. The highest BCUT2D eigenvalue weighted by Crippen LogP contribution is 2.23. The molecule has 0 saturated carbocycles. The van der Waals surface area contributed by atoms with Crippen LogP contribution >= 0.6 is 0 Å². The van der Waals surface area contributed by atoms with Gasteiger partial charge in [0.1, 0.15) is 12.4 Å². The smallest absolute Gasteiger partial charge is 0.159 e. The molecule has 18 heavy (non-hydrogen) atoms. The Bertz CT molecular complexity index is 439. The fourth-order valence-electron chi connectivity index (χ4n) is 2.22. The van der Waals surface area contributed by atoms with E-state index in [0.29, 0.717) is 12.7 Å². The van der Waals surface area contributed by atoms with Gasteiger partial charge in [-0.3, -0.25) is 4.79 Å². The molecule has 3 heteroatoms. The molecule has 1 aromatic rings. The predicted octanol–water partition coefficient (Wildman–Crippen LogP) is 3.14. The van der Waals surface area contributed by atoms with Crippen LogP contribution in [-0.4, -0.2) is 24.6 Å². The number of ketones is 1. The quantitative estimate of drug-likeness (QED) is 0.768. The van der Waals surface area contributed by atoms with Gasteiger partial charge in [0.05, 0.1) is 12.2 Å². The molecule has 0 radical (unpaired) electrons. The first-order chi connectivity index (χ1) is 8.56. The number of Topliss-reactive ketones (excluding diaryl/α,β-unsaturated/α-hetero) is 1. The molecule has 0 amide bonds. The van der Waals surface area contributed by atoms with Gasteiger partial charge in [-0.25, -0.2) is 0 Å². The second kappa shape index (κ2) is 5.53. The first-order valence-electron chi connectivity index (χ1n) is 6.46. The van der Waals surface area contributed by atoms with Crippen LogP contribution in [0.3, 0.4) is 0 Å². The third-order valence-corrected chi connectivity index (χ3v) is 3.33. The van der Waals surface area contributed by atoms with Gasteiger partial charge >= 0.3 is 0 Å². The third-order valence-electron chi connectivity index (χ3n) is 3.33. The van der Waals surface area contributed by atoms with E-state index in [1.54, 1.807) is 6.92 Å². The molecule has 1 aliphatic rings. The van der Waals surface area contributed by atoms with E-state index in [1.807, 2.05) is 25.1 Å². The van der Waals surface area contributed by atoms with Crippen LogP contribution in [0.15, 0.2) is 18.2 Å². The van der Waals surface area contributed by atoms with E-state index in [4.69, 9.17) is 9.47 Å². The Morgan fingerprint density at radius 2 is 2.22 bits per heavy atom. The van der Waals surface area contributed by atoms with Gasteiger partial charge < -0.3 is 9.47 Å². The molecule has 0 aliphatic carbocycles. The van der Waals surface area contributed by atoms with Crippen molar-refractivity contribution in [2.75, 3.05) is 6.61 Å². The minimum absolute atomic E-state index is 0.0811. The number of hydrogen-bond donors (Lipinski definition) is 0. The molecule has 1 aromatic carbocycles. The highest BCUT2D eigenvalue weighted by Gasteiger charge is 2.22. The number of benzene rings is 1. The molecule has 0 N–H and O–H groups in total. The summed E-state index contributed by atoms with van der Waals surface area (Å²) in [7, 11) is 0. The minimum Gasteiger partial charge on any atom is -0.491 e. The van der Waals surface area contributed by atoms with Crippen molar-refractivity contribution in [2.45, 2.75) is 45.8 Å². The summed E-state index contributed by atoms with van der Waals surface area (Å²) in [4.78, 5) is 11.3. The van der Waals surface area contributed by atoms with E-state index < -0.39 is 0 Å². The molecule has 0 aromatic heterocycles. The van der Waals surface area contributed by atoms with E-state index in [9.17, 15) is 4.79 Å². The molecule has 0 spiro atoms. The number of rotatable bonds is 4. The molecule has 0 bridgehead atoms. The summed E-state index contributed by atoms with van der Waals surface area (Å²) in [6.45, 7) is 6.21. The van der Waals surface area contributed by atoms with E-state index in [-0.39, 0.29) is 11.9 Å². The Kier molecular flexibility index (Phi) is 4.02. The van der Waals surface area contributed by atoms with Crippen LogP contribution in [0.1, 0.15) is 42.6 Å². The molecule has 1 aliphatic heterocycles. The number of aryl methyl sites for hydroxylation is 1. The zero-order valence-electron chi connectivity index (χ0n) is 11.2. The highest BCUT2D eigenvalue weighted by molar-refractivity contribution is 5.94. The fraction of sp³-hybridized carbons (Fsp3) is 0.533. The monoisotopic (exact) mass is 248 g/mol. The van der Waals surface area contributed by atoms with Crippen molar-refractivity contribution in [2.24, 2.45) is 0 Å². The number of carbonyl (C=O) groups excluding carboxylic acids is 1. The van der Waals surface area contributed by atoms with Gasteiger partial charge in [0.2, 0.25) is 0 Å². The molecule has 3 nitrogen and oxygen atoms in total. The van der Waals surface area contributed by atoms with E-state index in [2.05, 4.69) is 6.92 Å². The molecule has 1 saturated heterocycles. The van der Waals surface area contributed by atoms with Crippen LogP contribution < -0.4 is 4.74 Å². The van der Waals surface area contributed by atoms with Crippen molar-refractivity contribution in [3.05, 3.63) is 29.3 Å². The number of hydrogen-bond acceptors (Lipinski definition) is 3. The molecular weight excluding hydrogens is 228 g/mol. The van der Waals surface area contributed by atoms with Crippen molar-refractivity contribution in [3.8, 4) is 5.75 Å². The first kappa shape index (κ1) is 13.1. The third kappa shape index (κ3) is 3.10. The molecule has 2 unspecified atom stereocenters. The van der Waals surface area contributed by atoms with E-state index in [0.717, 1.165) is 29.7 Å². The lowest BCUT2D eigenvalue weighted by Gasteiger charge is -2.14. The molecule has 1 heterocycles. The van der Waals surface area contributed by atoms with Crippen molar-refractivity contribution in [1.82, 2.24) is 0 Å². The topological polar surface area (TPSA) is 35.5 Å². The van der Waals surface area contributed by atoms with Gasteiger partial charge in [-0.05, 0) is 57.4 Å². The van der Waals surface area contributed by atoms with Crippen LogP contribution in [0.25, 0.3) is 0 Å². The van der Waals surface area contributed by atoms with Gasteiger partial charge in [0.15, 0.2) is 5.78 Å². The predicted molar refractivity (Wildman–Crippen MR) is 70.2 cm³/mol. The van der Waals surface area contributed by atoms with Crippen LogP contribution in [0.5, 0.6) is 5.75 Å². The normalized spacial score (nSPS) is 23.1. The second-order valence-corrected chi connectivity index (χ2v) is 4.99. The Morgan fingerprint density at radius 1 is 1.44 bits per heavy atom. The second-order valence-electron chi connectivity index (χ2n) is 4.99. The average molecular weight is 248 g/mol. The van der Waals surface area contributed by atoms with Gasteiger partial charge in [-0.2, -0.15) is 0 Å². The van der Waals surface area contributed by atoms with Crippen LogP contribution in [0, 0.1) is 6.92 Å². The van der Waals surface area contributed by atoms with Crippen LogP contribution in [0.4, 0.5) is 0 Å². The Morgan fingerprint density at radius 3 is 2.78 bits per heavy atom. The summed E-state index contributed by atoms with van der Waals surface area (Å²) in [5, 5.41) is 0. The largest absolute Gasteiger partial charge is 0.491 e. The van der Waals surface area contributed by atoms with E-state index >= 15 is 0 Å². The van der Waals surface area contributed by atoms with Gasteiger partial charge in [0, 0.05) is 5.56 Å². The summed E-state index contributed by atoms with van der Waals surface area (Å²) in [6, 6.07) is 5.54. The maximum Gasteiger partial charge on any atom is 0.159 e. The van der Waals surface area contributed by atoms with Crippen molar-refractivity contribution >= 4 is 5.78 Å². The summed E-state index contributed by atoms with van der Waals surface area (Å²) >= 11 is 0. The zero-order chi connectivity index (χ0) is 13.1. The molecule has 98 valence electrons. The van der Waals surface area contributed by atoms with Gasteiger partial charge in [0.25, 0.3) is 0 Å². The summed E-state index contributed by atoms with van der Waals surface area (Å²) < 4.78 is 11.5. The number of ether oxygens (including phenoxy) is 2. The van der Waals surface area contributed by atoms with Crippen molar-refractivity contribution in [1.29, 1.82) is 0 Å². The van der Waals surface area contributed by atoms with Gasteiger partial charge in [-0.1, -0.05) is 0 Å². The Hall–Kier alpha value is -1.35. The van der Waals surface area contributed by atoms with Crippen LogP contribution in [-0.2, 0) is 4.74 Å². The summed E-state index contributed by atoms with van der Waals surface area (Å²) in [5.41, 5.74) is 1.72. The van der Waals surface area contributed by atoms with Gasteiger partial charge in [-0.15, -0.1) is 0 Å². The molecule has 2 rings (SSSR count). The highest BCUT2D eigenvalue weighted by atomic mass is 16.5. The first-order valence-corrected chi connectivity index (χ1v) is 6.46. The Balaban J connectivity index is 1.95. The maximum absolute atomic E-state index is 11.3.